The molecular formula is C68H50N2O4. The van der Waals surface area contributed by atoms with E-state index in [1.807, 2.05) is 60.7 Å². The van der Waals surface area contributed by atoms with Crippen LogP contribution in [0.4, 0.5) is 0 Å². The van der Waals surface area contributed by atoms with Crippen molar-refractivity contribution in [2.24, 2.45) is 0 Å². The lowest BCUT2D eigenvalue weighted by Gasteiger charge is -2.37. The van der Waals surface area contributed by atoms with Gasteiger partial charge in [0.05, 0.1) is 35.8 Å². The highest BCUT2D eigenvalue weighted by molar-refractivity contribution is 6.11. The molecule has 0 atom stereocenters. The Morgan fingerprint density at radius 1 is 0.514 bits per heavy atom. The number of hydrogen-bond acceptors (Lipinski definition) is 4. The number of carbonyl (C=O) groups excluding carboxylic acids is 1. The van der Waals surface area contributed by atoms with Crippen molar-refractivity contribution in [1.29, 1.82) is 0 Å². The summed E-state index contributed by atoms with van der Waals surface area (Å²) in [5.74, 6) is 0.613. The lowest BCUT2D eigenvalue weighted by molar-refractivity contribution is 0.0594. The number of ether oxygens (including phenoxy) is 3. The molecule has 74 heavy (non-hydrogen) atoms. The molecule has 0 N–H and O–H groups in total. The largest absolute Gasteiger partial charge is 0.492 e. The number of methoxy groups -OCH3 is 1. The summed E-state index contributed by atoms with van der Waals surface area (Å²) in [5.41, 5.74) is 13.6. The maximum absolute atomic E-state index is 14.2. The van der Waals surface area contributed by atoms with E-state index in [0.717, 1.165) is 39.7 Å². The van der Waals surface area contributed by atoms with Gasteiger partial charge in [0.2, 0.25) is 0 Å². The average molecular weight is 959 g/mol. The third kappa shape index (κ3) is 6.47. The summed E-state index contributed by atoms with van der Waals surface area (Å²) in [6.07, 6.45) is 5.54. The van der Waals surface area contributed by atoms with E-state index in [-0.39, 0.29) is 0 Å². The molecule has 0 saturated carbocycles. The van der Waals surface area contributed by atoms with Gasteiger partial charge in [-0.05, 0) is 95.8 Å². The molecule has 0 spiro atoms. The fourth-order valence-electron chi connectivity index (χ4n) is 12.5. The van der Waals surface area contributed by atoms with Crippen molar-refractivity contribution in [1.82, 2.24) is 9.13 Å². The van der Waals surface area contributed by atoms with Crippen LogP contribution in [0.2, 0.25) is 0 Å². The molecule has 1 aliphatic heterocycles. The first-order chi connectivity index (χ1) is 36.4. The average Bonchev–Trinajstić information content (AvgIpc) is 4.07. The molecule has 12 aromatic rings. The van der Waals surface area contributed by atoms with Crippen molar-refractivity contribution >= 4 is 66.4 Å². The number of esters is 1. The minimum absolute atomic E-state index is 0.349. The van der Waals surface area contributed by atoms with Crippen LogP contribution in [0.3, 0.4) is 0 Å². The third-order valence-corrected chi connectivity index (χ3v) is 15.9. The van der Waals surface area contributed by atoms with Gasteiger partial charge in [0.1, 0.15) is 17.1 Å². The van der Waals surface area contributed by atoms with Gasteiger partial charge < -0.3 is 23.3 Å². The van der Waals surface area contributed by atoms with Crippen molar-refractivity contribution in [3.8, 4) is 34.0 Å². The first-order valence-corrected chi connectivity index (χ1v) is 25.5. The topological polar surface area (TPSA) is 54.6 Å². The molecule has 6 nitrogen and oxygen atoms in total. The number of carbonyl (C=O) groups is 1. The Balaban J connectivity index is 0.878. The van der Waals surface area contributed by atoms with Crippen molar-refractivity contribution in [3.63, 3.8) is 0 Å². The van der Waals surface area contributed by atoms with E-state index in [4.69, 9.17) is 14.2 Å². The number of benzene rings is 10. The number of para-hydroxylation sites is 4. The van der Waals surface area contributed by atoms with Crippen LogP contribution in [0.15, 0.2) is 224 Å². The second-order valence-electron chi connectivity index (χ2n) is 19.9. The van der Waals surface area contributed by atoms with Gasteiger partial charge in [-0.3, -0.25) is 0 Å². The molecule has 2 aromatic heterocycles. The van der Waals surface area contributed by atoms with Crippen LogP contribution in [0.5, 0.6) is 11.5 Å². The predicted octanol–water partition coefficient (Wildman–Crippen LogP) is 16.3. The Morgan fingerprint density at radius 2 is 0.946 bits per heavy atom. The smallest absolute Gasteiger partial charge is 0.342 e. The standard InChI is InChI=1S/C68H50N2O4/c1-67(39-19-41-73-65-55-29-10-9-28-54(55)64-56(63(65)66(71)72-2)38-40-68(74-64,44-20-5-3-6-21-44)45-22-7-4-8-23-45)57-42-46(69-59-30-15-11-24-50(59)51-25-12-16-31-60(51)69)34-36-48(57)49-37-35-47(43-58(49)67)70-61-32-17-13-26-52(61)53-27-14-18-33-62(53)70/h3-18,20-38,40,42-43H,19,39,41H2,1-2H3. The molecule has 6 heteroatoms. The van der Waals surface area contributed by atoms with E-state index in [0.29, 0.717) is 35.7 Å². The SMILES string of the molecule is COC(=O)c1c2c(c3ccccc3c1OCCCC1(C)c3cc(-n4c5ccccc5c5ccccc54)ccc3-c3ccc(-n4c5ccccc5c5ccccc54)cc31)OC(c1ccccc1)(c1ccccc1)C=C2. The van der Waals surface area contributed by atoms with E-state index in [1.54, 1.807) is 0 Å². The van der Waals surface area contributed by atoms with E-state index in [1.165, 1.54) is 73.0 Å². The van der Waals surface area contributed by atoms with Crippen molar-refractivity contribution in [3.05, 3.63) is 258 Å². The van der Waals surface area contributed by atoms with Gasteiger partial charge in [0, 0.05) is 65.8 Å². The number of rotatable bonds is 10. The molecule has 14 rings (SSSR count). The molecule has 0 bridgehead atoms. The van der Waals surface area contributed by atoms with Gasteiger partial charge >= 0.3 is 5.97 Å². The van der Waals surface area contributed by atoms with E-state index >= 15 is 0 Å². The first kappa shape index (κ1) is 43.6. The summed E-state index contributed by atoms with van der Waals surface area (Å²) in [5, 5.41) is 6.57. The van der Waals surface area contributed by atoms with Crippen molar-refractivity contribution in [2.75, 3.05) is 13.7 Å². The second kappa shape index (κ2) is 17.0. The van der Waals surface area contributed by atoms with Crippen LogP contribution in [0.1, 0.15) is 57.9 Å². The number of fused-ring (bicyclic) bond motifs is 12. The highest BCUT2D eigenvalue weighted by Gasteiger charge is 2.42. The van der Waals surface area contributed by atoms with Gasteiger partial charge in [-0.15, -0.1) is 0 Å². The van der Waals surface area contributed by atoms with Crippen LogP contribution in [-0.4, -0.2) is 28.8 Å². The maximum Gasteiger partial charge on any atom is 0.342 e. The van der Waals surface area contributed by atoms with Crippen LogP contribution >= 0.6 is 0 Å². The quantitative estimate of drug-likeness (QED) is 0.101. The monoisotopic (exact) mass is 958 g/mol. The zero-order valence-corrected chi connectivity index (χ0v) is 41.1. The van der Waals surface area contributed by atoms with E-state index in [9.17, 15) is 4.79 Å². The van der Waals surface area contributed by atoms with Gasteiger partial charge in [0.25, 0.3) is 0 Å². The van der Waals surface area contributed by atoms with E-state index < -0.39 is 17.0 Å². The Bertz CT molecular complexity index is 3950. The number of nitrogens with zero attached hydrogens (tertiary/aromatic N) is 2. The molecule has 356 valence electrons. The fraction of sp³-hybridized carbons (Fsp3) is 0.103. The van der Waals surface area contributed by atoms with Crippen molar-refractivity contribution < 1.29 is 19.0 Å². The highest BCUT2D eigenvalue weighted by atomic mass is 16.5. The Kier molecular flexibility index (Phi) is 10.0. The molecule has 3 heterocycles. The van der Waals surface area contributed by atoms with Gasteiger partial charge in [0.15, 0.2) is 5.60 Å². The summed E-state index contributed by atoms with van der Waals surface area (Å²) < 4.78 is 24.7. The number of aromatic nitrogens is 2. The summed E-state index contributed by atoms with van der Waals surface area (Å²) in [4.78, 5) is 14.2. The Morgan fingerprint density at radius 3 is 1.42 bits per heavy atom. The molecule has 0 saturated heterocycles. The minimum Gasteiger partial charge on any atom is -0.492 e. The normalized spacial score (nSPS) is 14.0. The Labute approximate surface area is 428 Å². The second-order valence-corrected chi connectivity index (χ2v) is 19.9. The van der Waals surface area contributed by atoms with Gasteiger partial charge in [-0.1, -0.05) is 177 Å². The summed E-state index contributed by atoms with van der Waals surface area (Å²) >= 11 is 0. The van der Waals surface area contributed by atoms with E-state index in [2.05, 4.69) is 186 Å². The fourth-order valence-corrected chi connectivity index (χ4v) is 12.5. The minimum atomic E-state index is -0.944. The molecule has 0 radical (unpaired) electrons. The van der Waals surface area contributed by atoms with Crippen LogP contribution in [0.25, 0.3) is 83.0 Å². The van der Waals surface area contributed by atoms with Gasteiger partial charge in [-0.25, -0.2) is 4.79 Å². The lowest BCUT2D eigenvalue weighted by Crippen LogP contribution is -2.34. The maximum atomic E-state index is 14.2. The molecule has 0 amide bonds. The zero-order chi connectivity index (χ0) is 49.5. The van der Waals surface area contributed by atoms with Crippen LogP contribution in [0, 0.1) is 0 Å². The molecule has 0 fully saturated rings. The molecule has 0 unspecified atom stereocenters. The third-order valence-electron chi connectivity index (χ3n) is 15.9. The lowest BCUT2D eigenvalue weighted by atomic mass is 9.76. The molecule has 10 aromatic carbocycles. The summed E-state index contributed by atoms with van der Waals surface area (Å²) in [6, 6.07) is 77.4. The molecule has 1 aliphatic carbocycles. The van der Waals surface area contributed by atoms with Crippen molar-refractivity contribution in [2.45, 2.75) is 30.8 Å². The summed E-state index contributed by atoms with van der Waals surface area (Å²) in [6.45, 7) is 2.76. The Hall–Kier alpha value is -9.13. The highest BCUT2D eigenvalue weighted by Crippen LogP contribution is 2.54. The van der Waals surface area contributed by atoms with Crippen LogP contribution in [-0.2, 0) is 15.8 Å². The zero-order valence-electron chi connectivity index (χ0n) is 41.1. The van der Waals surface area contributed by atoms with Crippen LogP contribution < -0.4 is 9.47 Å². The first-order valence-electron chi connectivity index (χ1n) is 25.5. The predicted molar refractivity (Wildman–Crippen MR) is 300 cm³/mol. The summed E-state index contributed by atoms with van der Waals surface area (Å²) in [7, 11) is 1.43. The number of hydrogen-bond donors (Lipinski definition) is 0. The molecular weight excluding hydrogens is 909 g/mol. The van der Waals surface area contributed by atoms with Gasteiger partial charge in [-0.2, -0.15) is 0 Å². The molecule has 2 aliphatic rings.